The summed E-state index contributed by atoms with van der Waals surface area (Å²) in [5.41, 5.74) is 0.261. The summed E-state index contributed by atoms with van der Waals surface area (Å²) in [6, 6.07) is 4.71. The summed E-state index contributed by atoms with van der Waals surface area (Å²) in [5.74, 6) is -0.218. The maximum Gasteiger partial charge on any atom is 0.165 e. The lowest BCUT2D eigenvalue weighted by Gasteiger charge is -2.42. The molecule has 1 N–H and O–H groups in total. The van der Waals surface area contributed by atoms with Gasteiger partial charge in [0.15, 0.2) is 11.6 Å². The van der Waals surface area contributed by atoms with Crippen molar-refractivity contribution in [3.05, 3.63) is 29.6 Å². The fraction of sp³-hybridized carbons (Fsp3) is 0.625. The van der Waals surface area contributed by atoms with Gasteiger partial charge in [-0.3, -0.25) is 4.90 Å². The van der Waals surface area contributed by atoms with Crippen molar-refractivity contribution >= 4 is 0 Å². The fourth-order valence-corrected chi connectivity index (χ4v) is 3.03. The van der Waals surface area contributed by atoms with Crippen molar-refractivity contribution in [1.82, 2.24) is 4.90 Å². The zero-order valence-electron chi connectivity index (χ0n) is 12.5. The minimum Gasteiger partial charge on any atom is -0.494 e. The third kappa shape index (κ3) is 2.67. The maximum absolute atomic E-state index is 13.8. The third-order valence-electron chi connectivity index (χ3n) is 4.62. The van der Waals surface area contributed by atoms with Crippen molar-refractivity contribution in [2.45, 2.75) is 44.8 Å². The van der Waals surface area contributed by atoms with E-state index in [0.29, 0.717) is 5.56 Å². The standard InChI is InChI=1S/C16H24FNO2/c1-4-16(2,18-9-5-6-10-18)15(19)12-7-8-14(20-3)13(17)11-12/h7-8,11,15,19H,4-6,9-10H2,1-3H3. The molecule has 1 aromatic rings. The number of hydrogen-bond acceptors (Lipinski definition) is 3. The van der Waals surface area contributed by atoms with Crippen LogP contribution in [0.4, 0.5) is 4.39 Å². The summed E-state index contributed by atoms with van der Waals surface area (Å²) in [4.78, 5) is 2.32. The van der Waals surface area contributed by atoms with Crippen molar-refractivity contribution in [1.29, 1.82) is 0 Å². The number of ether oxygens (including phenoxy) is 1. The first-order valence-electron chi connectivity index (χ1n) is 7.29. The van der Waals surface area contributed by atoms with Gasteiger partial charge in [-0.2, -0.15) is 0 Å². The van der Waals surface area contributed by atoms with Crippen LogP contribution in [0, 0.1) is 5.82 Å². The van der Waals surface area contributed by atoms with Crippen LogP contribution in [-0.2, 0) is 0 Å². The zero-order valence-corrected chi connectivity index (χ0v) is 12.5. The molecule has 1 aliphatic heterocycles. The van der Waals surface area contributed by atoms with Gasteiger partial charge < -0.3 is 9.84 Å². The van der Waals surface area contributed by atoms with E-state index in [-0.39, 0.29) is 11.3 Å². The Morgan fingerprint density at radius 1 is 1.40 bits per heavy atom. The number of benzene rings is 1. The minimum atomic E-state index is -0.703. The van der Waals surface area contributed by atoms with Crippen molar-refractivity contribution in [2.75, 3.05) is 20.2 Å². The summed E-state index contributed by atoms with van der Waals surface area (Å²) >= 11 is 0. The van der Waals surface area contributed by atoms with Gasteiger partial charge in [0, 0.05) is 5.54 Å². The molecule has 1 saturated heterocycles. The first-order chi connectivity index (χ1) is 9.52. The molecule has 112 valence electrons. The zero-order chi connectivity index (χ0) is 14.8. The molecule has 0 aromatic heterocycles. The average Bonchev–Trinajstić information content (AvgIpc) is 3.00. The van der Waals surface area contributed by atoms with E-state index in [2.05, 4.69) is 18.7 Å². The van der Waals surface area contributed by atoms with E-state index >= 15 is 0 Å². The summed E-state index contributed by atoms with van der Waals surface area (Å²) in [7, 11) is 1.44. The highest BCUT2D eigenvalue weighted by Crippen LogP contribution is 2.37. The predicted molar refractivity (Wildman–Crippen MR) is 77.4 cm³/mol. The first kappa shape index (κ1) is 15.3. The van der Waals surface area contributed by atoms with Crippen LogP contribution in [-0.4, -0.2) is 35.7 Å². The Labute approximate surface area is 120 Å². The van der Waals surface area contributed by atoms with Crippen LogP contribution >= 0.6 is 0 Å². The number of aliphatic hydroxyl groups is 1. The molecule has 4 heteroatoms. The van der Waals surface area contributed by atoms with E-state index in [9.17, 15) is 9.50 Å². The normalized spacial score (nSPS) is 20.6. The summed E-state index contributed by atoms with van der Waals surface area (Å²) < 4.78 is 18.8. The Morgan fingerprint density at radius 3 is 2.55 bits per heavy atom. The number of rotatable bonds is 5. The number of hydrogen-bond donors (Lipinski definition) is 1. The summed E-state index contributed by atoms with van der Waals surface area (Å²) in [5, 5.41) is 10.7. The van der Waals surface area contributed by atoms with E-state index in [0.717, 1.165) is 19.5 Å². The molecule has 0 amide bonds. The molecule has 0 bridgehead atoms. The topological polar surface area (TPSA) is 32.7 Å². The lowest BCUT2D eigenvalue weighted by Crippen LogP contribution is -2.48. The van der Waals surface area contributed by atoms with Gasteiger partial charge in [0.05, 0.1) is 13.2 Å². The van der Waals surface area contributed by atoms with Crippen LogP contribution in [0.15, 0.2) is 18.2 Å². The quantitative estimate of drug-likeness (QED) is 0.900. The third-order valence-corrected chi connectivity index (χ3v) is 4.62. The van der Waals surface area contributed by atoms with Crippen LogP contribution in [0.5, 0.6) is 5.75 Å². The second-order valence-corrected chi connectivity index (χ2v) is 5.70. The first-order valence-corrected chi connectivity index (χ1v) is 7.29. The highest BCUT2D eigenvalue weighted by atomic mass is 19.1. The molecule has 0 aliphatic carbocycles. The van der Waals surface area contributed by atoms with Gasteiger partial charge in [-0.1, -0.05) is 13.0 Å². The molecule has 1 aromatic carbocycles. The molecule has 0 radical (unpaired) electrons. The van der Waals surface area contributed by atoms with E-state index in [4.69, 9.17) is 4.74 Å². The van der Waals surface area contributed by atoms with Crippen molar-refractivity contribution in [3.63, 3.8) is 0 Å². The SMILES string of the molecule is CCC(C)(C(O)c1ccc(OC)c(F)c1)N1CCCC1. The Bertz CT molecular complexity index is 460. The van der Waals surface area contributed by atoms with Gasteiger partial charge >= 0.3 is 0 Å². The fourth-order valence-electron chi connectivity index (χ4n) is 3.03. The molecule has 1 heterocycles. The smallest absolute Gasteiger partial charge is 0.165 e. The van der Waals surface area contributed by atoms with Crippen LogP contribution in [0.25, 0.3) is 0 Å². The highest BCUT2D eigenvalue weighted by Gasteiger charge is 2.39. The Kier molecular flexibility index (Phi) is 4.66. The van der Waals surface area contributed by atoms with Gasteiger partial charge in [-0.15, -0.1) is 0 Å². The molecule has 3 nitrogen and oxygen atoms in total. The lowest BCUT2D eigenvalue weighted by molar-refractivity contribution is -0.0141. The van der Waals surface area contributed by atoms with Crippen LogP contribution < -0.4 is 4.74 Å². The Hall–Kier alpha value is -1.13. The van der Waals surface area contributed by atoms with E-state index < -0.39 is 11.9 Å². The molecule has 2 atom stereocenters. The molecule has 0 saturated carbocycles. The lowest BCUT2D eigenvalue weighted by atomic mass is 9.85. The molecule has 1 aliphatic rings. The van der Waals surface area contributed by atoms with Crippen LogP contribution in [0.1, 0.15) is 44.8 Å². The number of halogens is 1. The molecular formula is C16H24FNO2. The largest absolute Gasteiger partial charge is 0.494 e. The molecule has 2 rings (SSSR count). The number of methoxy groups -OCH3 is 1. The van der Waals surface area contributed by atoms with Gasteiger partial charge in [-0.25, -0.2) is 4.39 Å². The van der Waals surface area contributed by atoms with Gasteiger partial charge in [-0.05, 0) is 57.0 Å². The van der Waals surface area contributed by atoms with Crippen LogP contribution in [0.3, 0.4) is 0 Å². The van der Waals surface area contributed by atoms with E-state index in [1.165, 1.54) is 26.0 Å². The molecule has 2 unspecified atom stereocenters. The summed E-state index contributed by atoms with van der Waals surface area (Å²) in [6.07, 6.45) is 2.45. The molecular weight excluding hydrogens is 257 g/mol. The number of nitrogens with zero attached hydrogens (tertiary/aromatic N) is 1. The molecule has 1 fully saturated rings. The predicted octanol–water partition coefficient (Wildman–Crippen LogP) is 3.13. The van der Waals surface area contributed by atoms with Crippen LogP contribution in [0.2, 0.25) is 0 Å². The maximum atomic E-state index is 13.8. The second-order valence-electron chi connectivity index (χ2n) is 5.70. The average molecular weight is 281 g/mol. The highest BCUT2D eigenvalue weighted by molar-refractivity contribution is 5.31. The molecule has 20 heavy (non-hydrogen) atoms. The minimum absolute atomic E-state index is 0.209. The van der Waals surface area contributed by atoms with E-state index in [1.807, 2.05) is 0 Å². The molecule has 0 spiro atoms. The Balaban J connectivity index is 2.27. The van der Waals surface area contributed by atoms with Gasteiger partial charge in [0.1, 0.15) is 0 Å². The summed E-state index contributed by atoms with van der Waals surface area (Å²) in [6.45, 7) is 6.13. The Morgan fingerprint density at radius 2 is 2.05 bits per heavy atom. The number of aliphatic hydroxyl groups excluding tert-OH is 1. The monoisotopic (exact) mass is 281 g/mol. The second kappa shape index (κ2) is 6.10. The van der Waals surface area contributed by atoms with Crippen molar-refractivity contribution in [2.24, 2.45) is 0 Å². The van der Waals surface area contributed by atoms with Crippen molar-refractivity contribution < 1.29 is 14.2 Å². The van der Waals surface area contributed by atoms with Gasteiger partial charge in [0.2, 0.25) is 0 Å². The van der Waals surface area contributed by atoms with Gasteiger partial charge in [0.25, 0.3) is 0 Å². The number of likely N-dealkylation sites (tertiary alicyclic amines) is 1. The van der Waals surface area contributed by atoms with E-state index in [1.54, 1.807) is 12.1 Å². The van der Waals surface area contributed by atoms with Crippen molar-refractivity contribution in [3.8, 4) is 5.75 Å².